The van der Waals surface area contributed by atoms with Crippen LogP contribution < -0.4 is 15.2 Å². The van der Waals surface area contributed by atoms with E-state index in [2.05, 4.69) is 0 Å². The number of hydrogen-bond acceptors (Lipinski definition) is 5. The third-order valence-corrected chi connectivity index (χ3v) is 5.13. The molecule has 9 heteroatoms. The fourth-order valence-electron chi connectivity index (χ4n) is 3.51. The van der Waals surface area contributed by atoms with Crippen LogP contribution in [-0.4, -0.2) is 40.4 Å². The zero-order valence-corrected chi connectivity index (χ0v) is 17.5. The maximum atomic E-state index is 13.8. The molecule has 2 aliphatic heterocycles. The summed E-state index contributed by atoms with van der Waals surface area (Å²) in [7, 11) is 0. The molecule has 0 fully saturated rings. The van der Waals surface area contributed by atoms with Gasteiger partial charge < -0.3 is 14.7 Å². The second-order valence-corrected chi connectivity index (χ2v) is 7.37. The van der Waals surface area contributed by atoms with E-state index in [1.54, 1.807) is 17.2 Å². The van der Waals surface area contributed by atoms with Gasteiger partial charge in [-0.05, 0) is 12.1 Å². The number of carbonyl (C=O) groups is 1. The van der Waals surface area contributed by atoms with Crippen LogP contribution in [0.4, 0.5) is 8.78 Å². The first-order valence-corrected chi connectivity index (χ1v) is 10.2. The molecule has 0 radical (unpaired) electrons. The largest absolute Gasteiger partial charge is 0.502 e. The minimum atomic E-state index is -1.02. The van der Waals surface area contributed by atoms with Gasteiger partial charge in [-0.25, -0.2) is 8.78 Å². The molecule has 0 aliphatic carbocycles. The summed E-state index contributed by atoms with van der Waals surface area (Å²) in [5.74, 6) is -3.02. The van der Waals surface area contributed by atoms with Crippen molar-refractivity contribution in [3.63, 3.8) is 0 Å². The minimum absolute atomic E-state index is 0.0611. The molecule has 0 saturated heterocycles. The molecule has 1 N–H and O–H groups in total. The van der Waals surface area contributed by atoms with E-state index in [4.69, 9.17) is 4.74 Å². The van der Waals surface area contributed by atoms with Crippen LogP contribution in [0.5, 0.6) is 11.5 Å². The molecule has 3 heterocycles. The molecule has 7 nitrogen and oxygen atoms in total. The average molecular weight is 453 g/mol. The molecule has 33 heavy (non-hydrogen) atoms. The van der Waals surface area contributed by atoms with Crippen LogP contribution in [0.3, 0.4) is 0 Å². The highest BCUT2D eigenvalue weighted by molar-refractivity contribution is 5.96. The first-order valence-electron chi connectivity index (χ1n) is 10.2. The van der Waals surface area contributed by atoms with Crippen molar-refractivity contribution in [2.45, 2.75) is 6.54 Å². The van der Waals surface area contributed by atoms with Crippen LogP contribution in [0.25, 0.3) is 0 Å². The Bertz CT molecular complexity index is 1220. The quantitative estimate of drug-likeness (QED) is 0.530. The number of carbonyl (C=O) groups excluding carboxylic acids is 1. The van der Waals surface area contributed by atoms with E-state index in [1.807, 2.05) is 36.4 Å². The molecule has 2 aromatic carbocycles. The SMILES string of the molecule is O=C1c2c(O)c(=O)ccn2N2Cc3cc(F)c(F)cc3OC/C=C\CN1C2.c1ccccc1. The second kappa shape index (κ2) is 9.56. The number of hydrogen-bond donors (Lipinski definition) is 1. The highest BCUT2D eigenvalue weighted by atomic mass is 19.2. The van der Waals surface area contributed by atoms with Gasteiger partial charge in [-0.2, -0.15) is 0 Å². The fourth-order valence-corrected chi connectivity index (χ4v) is 3.51. The Labute approximate surface area is 188 Å². The van der Waals surface area contributed by atoms with E-state index in [1.165, 1.54) is 15.8 Å². The van der Waals surface area contributed by atoms with Crippen molar-refractivity contribution < 1.29 is 23.4 Å². The lowest BCUT2D eigenvalue weighted by Crippen LogP contribution is -2.53. The van der Waals surface area contributed by atoms with E-state index in [0.29, 0.717) is 5.56 Å². The zero-order chi connectivity index (χ0) is 23.4. The van der Waals surface area contributed by atoms with Gasteiger partial charge >= 0.3 is 0 Å². The van der Waals surface area contributed by atoms with Gasteiger partial charge in [-0.3, -0.25) is 19.3 Å². The van der Waals surface area contributed by atoms with Crippen molar-refractivity contribution in [1.82, 2.24) is 9.58 Å². The van der Waals surface area contributed by atoms with E-state index in [0.717, 1.165) is 18.2 Å². The van der Waals surface area contributed by atoms with Crippen molar-refractivity contribution in [3.05, 3.63) is 106 Å². The van der Waals surface area contributed by atoms with Gasteiger partial charge in [0.1, 0.15) is 19.0 Å². The summed E-state index contributed by atoms with van der Waals surface area (Å²) in [4.78, 5) is 25.9. The number of aromatic nitrogens is 1. The predicted octanol–water partition coefficient (Wildman–Crippen LogP) is 3.02. The normalized spacial score (nSPS) is 15.8. The highest BCUT2D eigenvalue weighted by Crippen LogP contribution is 2.27. The molecule has 0 atom stereocenters. The fraction of sp³-hybridized carbons (Fsp3) is 0.167. The van der Waals surface area contributed by atoms with Crippen LogP contribution in [0.2, 0.25) is 0 Å². The second-order valence-electron chi connectivity index (χ2n) is 7.37. The van der Waals surface area contributed by atoms with E-state index < -0.39 is 28.7 Å². The summed E-state index contributed by atoms with van der Waals surface area (Å²) in [6, 6.07) is 15.2. The lowest BCUT2D eigenvalue weighted by Gasteiger charge is -2.39. The number of aromatic hydroxyl groups is 1. The maximum Gasteiger partial charge on any atom is 0.278 e. The van der Waals surface area contributed by atoms with E-state index in [9.17, 15) is 23.5 Å². The van der Waals surface area contributed by atoms with Gasteiger partial charge in [-0.1, -0.05) is 42.5 Å². The number of nitrogens with zero attached hydrogens (tertiary/aromatic N) is 3. The Hall–Kier alpha value is -4.14. The predicted molar refractivity (Wildman–Crippen MR) is 118 cm³/mol. The van der Waals surface area contributed by atoms with Gasteiger partial charge in [0, 0.05) is 30.4 Å². The highest BCUT2D eigenvalue weighted by Gasteiger charge is 2.32. The molecule has 0 spiro atoms. The standard InChI is InChI=1S/C18H15F2N3O4.C6H6/c19-12-7-11-9-22-10-21(4-1-2-6-27-15(11)8-13(12)20)18(26)16-17(25)14(24)3-5-23(16)22;1-2-4-6-5-3-1/h1-3,5,7-8,25H,4,6,9-10H2;1-6H/b2-1-;. The third-order valence-electron chi connectivity index (χ3n) is 5.13. The first kappa shape index (κ1) is 22.1. The monoisotopic (exact) mass is 453 g/mol. The Kier molecular flexibility index (Phi) is 6.39. The lowest BCUT2D eigenvalue weighted by atomic mass is 10.1. The molecule has 5 rings (SSSR count). The van der Waals surface area contributed by atoms with Gasteiger partial charge in [0.15, 0.2) is 23.1 Å². The van der Waals surface area contributed by atoms with Crippen LogP contribution in [-0.2, 0) is 6.54 Å². The zero-order valence-electron chi connectivity index (χ0n) is 17.5. The average Bonchev–Trinajstić information content (AvgIpc) is 2.85. The van der Waals surface area contributed by atoms with Crippen LogP contribution in [0, 0.1) is 11.6 Å². The molecule has 1 aromatic heterocycles. The Morgan fingerprint density at radius 2 is 1.61 bits per heavy atom. The van der Waals surface area contributed by atoms with E-state index in [-0.39, 0.29) is 37.8 Å². The Morgan fingerprint density at radius 1 is 0.939 bits per heavy atom. The summed E-state index contributed by atoms with van der Waals surface area (Å²) >= 11 is 0. The molecule has 1 amide bonds. The van der Waals surface area contributed by atoms with Crippen molar-refractivity contribution in [3.8, 4) is 11.5 Å². The summed E-state index contributed by atoms with van der Waals surface area (Å²) in [5.41, 5.74) is -0.484. The number of pyridine rings is 1. The molecule has 2 bridgehead atoms. The van der Waals surface area contributed by atoms with Crippen molar-refractivity contribution >= 4 is 5.91 Å². The van der Waals surface area contributed by atoms with Crippen LogP contribution >= 0.6 is 0 Å². The first-order chi connectivity index (χ1) is 16.0. The summed E-state index contributed by atoms with van der Waals surface area (Å²) in [6.45, 7) is 0.527. The Morgan fingerprint density at radius 3 is 2.30 bits per heavy atom. The number of halogens is 2. The Balaban J connectivity index is 0.000000376. The minimum Gasteiger partial charge on any atom is -0.502 e. The van der Waals surface area contributed by atoms with Gasteiger partial charge in [0.05, 0.1) is 6.54 Å². The van der Waals surface area contributed by atoms with E-state index >= 15 is 0 Å². The van der Waals surface area contributed by atoms with Crippen molar-refractivity contribution in [2.75, 3.05) is 24.8 Å². The molecule has 170 valence electrons. The number of benzene rings is 2. The number of fused-ring (bicyclic) bond motifs is 5. The number of ether oxygens (including phenoxy) is 1. The number of rotatable bonds is 0. The topological polar surface area (TPSA) is 75.0 Å². The molecular weight excluding hydrogens is 432 g/mol. The maximum absolute atomic E-state index is 13.8. The lowest BCUT2D eigenvalue weighted by molar-refractivity contribution is 0.0706. The van der Waals surface area contributed by atoms with Crippen molar-refractivity contribution in [2.24, 2.45) is 0 Å². The molecule has 3 aromatic rings. The van der Waals surface area contributed by atoms with Crippen molar-refractivity contribution in [1.29, 1.82) is 0 Å². The number of amides is 1. The smallest absolute Gasteiger partial charge is 0.278 e. The summed E-state index contributed by atoms with van der Waals surface area (Å²) < 4.78 is 34.3. The molecular formula is C24H21F2N3O4. The molecule has 0 saturated carbocycles. The summed E-state index contributed by atoms with van der Waals surface area (Å²) in [5, 5.41) is 11.7. The third kappa shape index (κ3) is 4.72. The van der Waals surface area contributed by atoms with Crippen LogP contribution in [0.1, 0.15) is 16.1 Å². The van der Waals surface area contributed by atoms with Gasteiger partial charge in [-0.15, -0.1) is 0 Å². The molecule has 2 aliphatic rings. The van der Waals surface area contributed by atoms with Crippen LogP contribution in [0.15, 0.2) is 77.7 Å². The molecule has 0 unspecified atom stereocenters. The van der Waals surface area contributed by atoms with Gasteiger partial charge in [0.2, 0.25) is 5.43 Å². The van der Waals surface area contributed by atoms with Gasteiger partial charge in [0.25, 0.3) is 5.91 Å². The summed E-state index contributed by atoms with van der Waals surface area (Å²) in [6.07, 6.45) is 4.71.